The van der Waals surface area contributed by atoms with Crippen LogP contribution in [0.2, 0.25) is 0 Å². The molecular weight excluding hydrogens is 210 g/mol. The molecule has 0 aliphatic carbocycles. The molecule has 0 radical (unpaired) electrons. The first-order valence-electron chi connectivity index (χ1n) is 6.66. The maximum absolute atomic E-state index is 5.82. The third kappa shape index (κ3) is 3.74. The molecule has 2 heteroatoms. The highest BCUT2D eigenvalue weighted by Crippen LogP contribution is 2.18. The van der Waals surface area contributed by atoms with E-state index in [1.54, 1.807) is 0 Å². The highest BCUT2D eigenvalue weighted by Gasteiger charge is 2.12. The van der Waals surface area contributed by atoms with Crippen molar-refractivity contribution < 1.29 is 4.74 Å². The van der Waals surface area contributed by atoms with Gasteiger partial charge in [0.15, 0.2) is 0 Å². The molecule has 1 unspecified atom stereocenters. The van der Waals surface area contributed by atoms with Gasteiger partial charge in [-0.2, -0.15) is 0 Å². The fraction of sp³-hybridized carbons (Fsp3) is 0.600. The van der Waals surface area contributed by atoms with Crippen LogP contribution >= 0.6 is 0 Å². The zero-order valence-electron chi connectivity index (χ0n) is 11.0. The van der Waals surface area contributed by atoms with Crippen molar-refractivity contribution in [3.8, 4) is 5.75 Å². The second-order valence-electron chi connectivity index (χ2n) is 5.10. The van der Waals surface area contributed by atoms with E-state index in [2.05, 4.69) is 37.4 Å². The molecule has 1 saturated heterocycles. The third-order valence-electron chi connectivity index (χ3n) is 3.67. The molecular formula is C15H23NO. The summed E-state index contributed by atoms with van der Waals surface area (Å²) in [7, 11) is 0. The quantitative estimate of drug-likeness (QED) is 0.863. The third-order valence-corrected chi connectivity index (χ3v) is 3.67. The van der Waals surface area contributed by atoms with Gasteiger partial charge >= 0.3 is 0 Å². The fourth-order valence-corrected chi connectivity index (χ4v) is 2.32. The summed E-state index contributed by atoms with van der Waals surface area (Å²) in [5.41, 5.74) is 2.63. The Morgan fingerprint density at radius 1 is 1.29 bits per heavy atom. The van der Waals surface area contributed by atoms with Gasteiger partial charge in [-0.05, 0) is 75.4 Å². The van der Waals surface area contributed by atoms with Crippen molar-refractivity contribution in [3.05, 3.63) is 29.3 Å². The Bertz CT molecular complexity index is 356. The number of hydrogen-bond acceptors (Lipinski definition) is 2. The predicted molar refractivity (Wildman–Crippen MR) is 71.6 cm³/mol. The largest absolute Gasteiger partial charge is 0.494 e. The molecule has 0 bridgehead atoms. The smallest absolute Gasteiger partial charge is 0.119 e. The molecule has 1 N–H and O–H groups in total. The summed E-state index contributed by atoms with van der Waals surface area (Å²) in [5.74, 6) is 1.81. The number of ether oxygens (including phenoxy) is 1. The second kappa shape index (κ2) is 6.06. The van der Waals surface area contributed by atoms with Gasteiger partial charge in [0.2, 0.25) is 0 Å². The van der Waals surface area contributed by atoms with E-state index in [1.165, 1.54) is 36.9 Å². The van der Waals surface area contributed by atoms with Gasteiger partial charge in [0.25, 0.3) is 0 Å². The van der Waals surface area contributed by atoms with Crippen LogP contribution in [0, 0.1) is 19.8 Å². The molecule has 2 nitrogen and oxygen atoms in total. The number of nitrogens with one attached hydrogen (secondary N) is 1. The van der Waals surface area contributed by atoms with Crippen LogP contribution in [0.15, 0.2) is 18.2 Å². The van der Waals surface area contributed by atoms with Crippen LogP contribution in [0.5, 0.6) is 5.75 Å². The normalized spacial score (nSPS) is 20.2. The topological polar surface area (TPSA) is 21.3 Å². The first-order chi connectivity index (χ1) is 8.25. The van der Waals surface area contributed by atoms with E-state index >= 15 is 0 Å². The van der Waals surface area contributed by atoms with Gasteiger partial charge in [0, 0.05) is 0 Å². The standard InChI is InChI=1S/C15H23NO/c1-12-5-6-15(10-13(12)2)17-9-7-14-4-3-8-16-11-14/h5-6,10,14,16H,3-4,7-9,11H2,1-2H3. The van der Waals surface area contributed by atoms with Crippen molar-refractivity contribution in [1.82, 2.24) is 5.32 Å². The van der Waals surface area contributed by atoms with Crippen molar-refractivity contribution in [2.75, 3.05) is 19.7 Å². The summed E-state index contributed by atoms with van der Waals surface area (Å²) in [6, 6.07) is 6.34. The first kappa shape index (κ1) is 12.4. The van der Waals surface area contributed by atoms with Crippen molar-refractivity contribution >= 4 is 0 Å². The van der Waals surface area contributed by atoms with E-state index in [1.807, 2.05) is 0 Å². The Hall–Kier alpha value is -1.02. The number of rotatable bonds is 4. The van der Waals surface area contributed by atoms with Crippen molar-refractivity contribution in [2.24, 2.45) is 5.92 Å². The maximum atomic E-state index is 5.82. The van der Waals surface area contributed by atoms with Crippen LogP contribution in [-0.2, 0) is 0 Å². The van der Waals surface area contributed by atoms with Crippen LogP contribution in [0.25, 0.3) is 0 Å². The molecule has 0 amide bonds. The lowest BCUT2D eigenvalue weighted by Gasteiger charge is -2.22. The molecule has 1 aliphatic rings. The van der Waals surface area contributed by atoms with Gasteiger partial charge in [-0.25, -0.2) is 0 Å². The van der Waals surface area contributed by atoms with Gasteiger partial charge < -0.3 is 10.1 Å². The van der Waals surface area contributed by atoms with Crippen LogP contribution in [-0.4, -0.2) is 19.7 Å². The molecule has 1 atom stereocenters. The number of piperidine rings is 1. The van der Waals surface area contributed by atoms with Crippen molar-refractivity contribution in [2.45, 2.75) is 33.1 Å². The minimum Gasteiger partial charge on any atom is -0.494 e. The summed E-state index contributed by atoms with van der Waals surface area (Å²) in [6.07, 6.45) is 3.83. The Morgan fingerprint density at radius 3 is 2.88 bits per heavy atom. The van der Waals surface area contributed by atoms with E-state index in [-0.39, 0.29) is 0 Å². The van der Waals surface area contributed by atoms with Crippen LogP contribution in [0.3, 0.4) is 0 Å². The molecule has 94 valence electrons. The Kier molecular flexibility index (Phi) is 4.43. The SMILES string of the molecule is Cc1ccc(OCCC2CCCNC2)cc1C. The van der Waals surface area contributed by atoms with Gasteiger partial charge in [-0.3, -0.25) is 0 Å². The molecule has 1 aromatic rings. The van der Waals surface area contributed by atoms with Crippen LogP contribution in [0.4, 0.5) is 0 Å². The van der Waals surface area contributed by atoms with Gasteiger partial charge in [0.1, 0.15) is 5.75 Å². The summed E-state index contributed by atoms with van der Waals surface area (Å²) in [6.45, 7) is 7.46. The molecule has 17 heavy (non-hydrogen) atoms. The molecule has 1 aromatic carbocycles. The second-order valence-corrected chi connectivity index (χ2v) is 5.10. The minimum absolute atomic E-state index is 0.801. The zero-order valence-corrected chi connectivity index (χ0v) is 11.0. The molecule has 0 spiro atoms. The van der Waals surface area contributed by atoms with Crippen LogP contribution in [0.1, 0.15) is 30.4 Å². The Labute approximate surface area is 104 Å². The number of aryl methyl sites for hydroxylation is 2. The lowest BCUT2D eigenvalue weighted by Crippen LogP contribution is -2.30. The molecule has 1 aliphatic heterocycles. The summed E-state index contributed by atoms with van der Waals surface area (Å²) >= 11 is 0. The molecule has 0 aromatic heterocycles. The average molecular weight is 233 g/mol. The highest BCUT2D eigenvalue weighted by molar-refractivity contribution is 5.33. The lowest BCUT2D eigenvalue weighted by molar-refractivity contribution is 0.254. The first-order valence-corrected chi connectivity index (χ1v) is 6.66. The Balaban J connectivity index is 1.75. The number of benzene rings is 1. The zero-order chi connectivity index (χ0) is 12.1. The molecule has 2 rings (SSSR count). The molecule has 0 saturated carbocycles. The van der Waals surface area contributed by atoms with E-state index in [9.17, 15) is 0 Å². The van der Waals surface area contributed by atoms with Gasteiger partial charge in [0.05, 0.1) is 6.61 Å². The van der Waals surface area contributed by atoms with Crippen molar-refractivity contribution in [1.29, 1.82) is 0 Å². The highest BCUT2D eigenvalue weighted by atomic mass is 16.5. The maximum Gasteiger partial charge on any atom is 0.119 e. The Morgan fingerprint density at radius 2 is 2.18 bits per heavy atom. The van der Waals surface area contributed by atoms with E-state index in [0.717, 1.165) is 24.8 Å². The molecule has 1 fully saturated rings. The van der Waals surface area contributed by atoms with E-state index in [0.29, 0.717) is 0 Å². The molecule has 1 heterocycles. The summed E-state index contributed by atoms with van der Waals surface area (Å²) in [4.78, 5) is 0. The van der Waals surface area contributed by atoms with Gasteiger partial charge in [-0.15, -0.1) is 0 Å². The average Bonchev–Trinajstić information content (AvgIpc) is 2.35. The predicted octanol–water partition coefficient (Wildman–Crippen LogP) is 3.07. The minimum atomic E-state index is 0.801. The van der Waals surface area contributed by atoms with E-state index in [4.69, 9.17) is 4.74 Å². The monoisotopic (exact) mass is 233 g/mol. The van der Waals surface area contributed by atoms with Crippen LogP contribution < -0.4 is 10.1 Å². The summed E-state index contributed by atoms with van der Waals surface area (Å²) in [5, 5.41) is 3.44. The number of hydrogen-bond donors (Lipinski definition) is 1. The lowest BCUT2D eigenvalue weighted by atomic mass is 9.97. The van der Waals surface area contributed by atoms with Gasteiger partial charge in [-0.1, -0.05) is 6.07 Å². The van der Waals surface area contributed by atoms with E-state index < -0.39 is 0 Å². The summed E-state index contributed by atoms with van der Waals surface area (Å²) < 4.78 is 5.82. The van der Waals surface area contributed by atoms with Crippen molar-refractivity contribution in [3.63, 3.8) is 0 Å². The fourth-order valence-electron chi connectivity index (χ4n) is 2.32.